The Bertz CT molecular complexity index is 456. The largest absolute Gasteiger partial charge is 0.385 e. The van der Waals surface area contributed by atoms with E-state index in [9.17, 15) is 4.79 Å². The molecule has 0 fully saturated rings. The van der Waals surface area contributed by atoms with Crippen molar-refractivity contribution in [3.63, 3.8) is 0 Å². The number of hydrogen-bond donors (Lipinski definition) is 2. The lowest BCUT2D eigenvalue weighted by atomic mass is 9.97. The Morgan fingerprint density at radius 3 is 3.05 bits per heavy atom. The van der Waals surface area contributed by atoms with E-state index in [1.54, 1.807) is 0 Å². The summed E-state index contributed by atoms with van der Waals surface area (Å²) in [7, 11) is 0. The molecule has 0 amide bonds. The van der Waals surface area contributed by atoms with Gasteiger partial charge in [0, 0.05) is 17.8 Å². The van der Waals surface area contributed by atoms with Crippen molar-refractivity contribution in [2.75, 3.05) is 18.4 Å². The average Bonchev–Trinajstić information content (AvgIpc) is 2.50. The van der Waals surface area contributed by atoms with Crippen LogP contribution in [-0.4, -0.2) is 24.9 Å². The second kappa shape index (κ2) is 7.44. The fraction of sp³-hybridized carbons (Fsp3) is 0.588. The van der Waals surface area contributed by atoms with Crippen LogP contribution in [0.2, 0.25) is 0 Å². The summed E-state index contributed by atoms with van der Waals surface area (Å²) in [4.78, 5) is 12.4. The lowest BCUT2D eigenvalue weighted by Crippen LogP contribution is -2.34. The van der Waals surface area contributed by atoms with Gasteiger partial charge in [0.1, 0.15) is 0 Å². The minimum absolute atomic E-state index is 0.0959. The Kier molecular flexibility index (Phi) is 5.60. The molecule has 2 N–H and O–H groups in total. The van der Waals surface area contributed by atoms with Gasteiger partial charge in [-0.1, -0.05) is 19.8 Å². The molecule has 0 radical (unpaired) electrons. The molecule has 3 nitrogen and oxygen atoms in total. The summed E-state index contributed by atoms with van der Waals surface area (Å²) >= 11 is 0. The van der Waals surface area contributed by atoms with Crippen LogP contribution in [0.1, 0.15) is 55.5 Å². The summed E-state index contributed by atoms with van der Waals surface area (Å²) in [5, 5.41) is 6.71. The molecule has 0 saturated heterocycles. The Balaban J connectivity index is 1.94. The molecule has 1 unspecified atom stereocenters. The fourth-order valence-corrected chi connectivity index (χ4v) is 2.66. The zero-order chi connectivity index (χ0) is 14.4. The van der Waals surface area contributed by atoms with Crippen LogP contribution in [0, 0.1) is 0 Å². The molecule has 1 aromatic carbocycles. The van der Waals surface area contributed by atoms with Crippen LogP contribution in [0.25, 0.3) is 0 Å². The van der Waals surface area contributed by atoms with E-state index in [1.807, 2.05) is 19.1 Å². The van der Waals surface area contributed by atoms with Crippen LogP contribution in [0.5, 0.6) is 0 Å². The molecule has 0 aliphatic carbocycles. The van der Waals surface area contributed by atoms with E-state index >= 15 is 0 Å². The third kappa shape index (κ3) is 3.83. The van der Waals surface area contributed by atoms with E-state index in [2.05, 4.69) is 23.6 Å². The Morgan fingerprint density at radius 1 is 1.40 bits per heavy atom. The van der Waals surface area contributed by atoms with Crippen molar-refractivity contribution in [3.8, 4) is 0 Å². The topological polar surface area (TPSA) is 41.1 Å². The van der Waals surface area contributed by atoms with Gasteiger partial charge in [-0.3, -0.25) is 4.79 Å². The normalized spacial score (nSPS) is 15.3. The molecular formula is C17H26N2O. The van der Waals surface area contributed by atoms with Gasteiger partial charge >= 0.3 is 0 Å². The quantitative estimate of drug-likeness (QED) is 0.591. The number of hydrogen-bond acceptors (Lipinski definition) is 3. The van der Waals surface area contributed by atoms with Gasteiger partial charge in [0.15, 0.2) is 5.78 Å². The molecule has 1 aromatic rings. The highest BCUT2D eigenvalue weighted by atomic mass is 16.1. The number of nitrogens with one attached hydrogen (secondary N) is 2. The van der Waals surface area contributed by atoms with E-state index in [1.165, 1.54) is 24.1 Å². The highest BCUT2D eigenvalue weighted by molar-refractivity contribution is 6.00. The van der Waals surface area contributed by atoms with E-state index in [0.717, 1.165) is 37.9 Å². The monoisotopic (exact) mass is 274 g/mol. The average molecular weight is 274 g/mol. The number of unbranched alkanes of at least 4 members (excludes halogenated alkanes) is 2. The number of fused-ring (bicyclic) bond motifs is 1. The predicted molar refractivity (Wildman–Crippen MR) is 84.6 cm³/mol. The summed E-state index contributed by atoms with van der Waals surface area (Å²) < 4.78 is 0. The minimum atomic E-state index is -0.0959. The molecule has 3 heteroatoms. The summed E-state index contributed by atoms with van der Waals surface area (Å²) in [6, 6.07) is 5.96. The van der Waals surface area contributed by atoms with Gasteiger partial charge in [-0.25, -0.2) is 0 Å². The van der Waals surface area contributed by atoms with E-state index in [-0.39, 0.29) is 11.8 Å². The molecule has 20 heavy (non-hydrogen) atoms. The number of rotatable bonds is 7. The van der Waals surface area contributed by atoms with Crippen molar-refractivity contribution in [2.24, 2.45) is 0 Å². The van der Waals surface area contributed by atoms with Crippen LogP contribution >= 0.6 is 0 Å². The molecule has 0 aromatic heterocycles. The Morgan fingerprint density at radius 2 is 2.25 bits per heavy atom. The highest BCUT2D eigenvalue weighted by Crippen LogP contribution is 2.23. The first-order chi connectivity index (χ1) is 9.72. The zero-order valence-electron chi connectivity index (χ0n) is 12.7. The van der Waals surface area contributed by atoms with Gasteiger partial charge in [-0.15, -0.1) is 0 Å². The maximum Gasteiger partial charge on any atom is 0.179 e. The van der Waals surface area contributed by atoms with Crippen LogP contribution in [0.4, 0.5) is 5.69 Å². The second-order valence-corrected chi connectivity index (χ2v) is 5.65. The first-order valence-corrected chi connectivity index (χ1v) is 7.86. The zero-order valence-corrected chi connectivity index (χ0v) is 12.7. The summed E-state index contributed by atoms with van der Waals surface area (Å²) in [5.74, 6) is 0.204. The first kappa shape index (κ1) is 15.0. The maximum atomic E-state index is 12.4. The third-order valence-corrected chi connectivity index (χ3v) is 3.95. The number of carbonyl (C=O) groups excluding carboxylic acids is 1. The molecule has 0 spiro atoms. The lowest BCUT2D eigenvalue weighted by molar-refractivity contribution is 0.0951. The summed E-state index contributed by atoms with van der Waals surface area (Å²) in [6.07, 6.45) is 5.79. The number of Topliss-reactive ketones (excluding diaryl/α,β-unsaturated/α-hetero) is 1. The number of carbonyl (C=O) groups is 1. The molecule has 0 saturated carbocycles. The minimum Gasteiger partial charge on any atom is -0.385 e. The van der Waals surface area contributed by atoms with Gasteiger partial charge in [-0.2, -0.15) is 0 Å². The van der Waals surface area contributed by atoms with E-state index < -0.39 is 0 Å². The van der Waals surface area contributed by atoms with Crippen LogP contribution in [-0.2, 0) is 6.42 Å². The van der Waals surface area contributed by atoms with Crippen LogP contribution < -0.4 is 10.6 Å². The molecule has 110 valence electrons. The van der Waals surface area contributed by atoms with Crippen LogP contribution in [0.3, 0.4) is 0 Å². The van der Waals surface area contributed by atoms with Gasteiger partial charge in [0.2, 0.25) is 0 Å². The summed E-state index contributed by atoms with van der Waals surface area (Å²) in [5.41, 5.74) is 3.31. The van der Waals surface area contributed by atoms with Crippen molar-refractivity contribution < 1.29 is 4.79 Å². The van der Waals surface area contributed by atoms with Crippen LogP contribution in [0.15, 0.2) is 18.2 Å². The molecule has 1 aliphatic heterocycles. The summed E-state index contributed by atoms with van der Waals surface area (Å²) in [6.45, 7) is 6.12. The second-order valence-electron chi connectivity index (χ2n) is 5.65. The molecule has 1 heterocycles. The van der Waals surface area contributed by atoms with Gasteiger partial charge < -0.3 is 10.6 Å². The highest BCUT2D eigenvalue weighted by Gasteiger charge is 2.17. The first-order valence-electron chi connectivity index (χ1n) is 7.86. The van der Waals surface area contributed by atoms with E-state index in [0.29, 0.717) is 0 Å². The molecular weight excluding hydrogens is 248 g/mol. The van der Waals surface area contributed by atoms with Gasteiger partial charge in [0.25, 0.3) is 0 Å². The molecule has 2 rings (SSSR count). The predicted octanol–water partition coefficient (Wildman–Crippen LogP) is 3.40. The molecule has 1 aliphatic rings. The Labute approximate surface area is 122 Å². The standard InChI is InChI=1S/C17H26N2O/c1-3-4-5-10-18-13(2)17(20)15-8-9-16-14(12-15)7-6-11-19-16/h8-9,12-13,18-19H,3-7,10-11H2,1-2H3. The Hall–Kier alpha value is -1.35. The number of benzene rings is 1. The maximum absolute atomic E-state index is 12.4. The SMILES string of the molecule is CCCCCNC(C)C(=O)c1ccc2c(c1)CCCN2. The fourth-order valence-electron chi connectivity index (χ4n) is 2.66. The van der Waals surface area contributed by atoms with Crippen molar-refractivity contribution in [2.45, 2.75) is 52.0 Å². The number of aryl methyl sites for hydroxylation is 1. The molecule has 0 bridgehead atoms. The number of anilines is 1. The van der Waals surface area contributed by atoms with Gasteiger partial charge in [0.05, 0.1) is 6.04 Å². The smallest absolute Gasteiger partial charge is 0.179 e. The van der Waals surface area contributed by atoms with Crippen molar-refractivity contribution in [3.05, 3.63) is 29.3 Å². The lowest BCUT2D eigenvalue weighted by Gasteiger charge is -2.19. The number of ketones is 1. The van der Waals surface area contributed by atoms with Gasteiger partial charge in [-0.05, 0) is 56.5 Å². The molecule has 1 atom stereocenters. The van der Waals surface area contributed by atoms with Crippen molar-refractivity contribution in [1.29, 1.82) is 0 Å². The van der Waals surface area contributed by atoms with Crippen molar-refractivity contribution >= 4 is 11.5 Å². The van der Waals surface area contributed by atoms with E-state index in [4.69, 9.17) is 0 Å². The third-order valence-electron chi connectivity index (χ3n) is 3.95. The van der Waals surface area contributed by atoms with Crippen molar-refractivity contribution in [1.82, 2.24) is 5.32 Å².